The van der Waals surface area contributed by atoms with Gasteiger partial charge in [-0.3, -0.25) is 14.4 Å². The Morgan fingerprint density at radius 1 is 1.11 bits per heavy atom. The van der Waals surface area contributed by atoms with Crippen LogP contribution in [0.25, 0.3) is 11.3 Å². The number of benzene rings is 1. The first kappa shape index (κ1) is 23.0. The number of hydrogen-bond donors (Lipinski definition) is 2. The summed E-state index contributed by atoms with van der Waals surface area (Å²) in [6, 6.07) is 13.3. The van der Waals surface area contributed by atoms with E-state index in [9.17, 15) is 24.8 Å². The van der Waals surface area contributed by atoms with Crippen LogP contribution in [0.1, 0.15) is 18.0 Å². The van der Waals surface area contributed by atoms with Crippen LogP contribution in [0.4, 0.5) is 5.69 Å². The Bertz CT molecular complexity index is 1380. The van der Waals surface area contributed by atoms with Crippen molar-refractivity contribution in [3.05, 3.63) is 80.1 Å². The Balaban J connectivity index is 1.35. The van der Waals surface area contributed by atoms with Crippen LogP contribution < -0.4 is 21.1 Å². The van der Waals surface area contributed by atoms with Crippen LogP contribution in [-0.4, -0.2) is 50.6 Å². The van der Waals surface area contributed by atoms with Gasteiger partial charge in [0, 0.05) is 48.9 Å². The summed E-state index contributed by atoms with van der Waals surface area (Å²) in [4.78, 5) is 39.9. The molecule has 0 saturated carbocycles. The van der Waals surface area contributed by atoms with E-state index in [-0.39, 0.29) is 35.5 Å². The van der Waals surface area contributed by atoms with Gasteiger partial charge in [0.15, 0.2) is 0 Å². The second-order valence-electron chi connectivity index (χ2n) is 8.93. The molecule has 1 amide bonds. The molecule has 2 aliphatic heterocycles. The third-order valence-electron chi connectivity index (χ3n) is 6.72. The van der Waals surface area contributed by atoms with Crippen LogP contribution in [0.5, 0.6) is 5.75 Å². The van der Waals surface area contributed by atoms with E-state index in [0.717, 1.165) is 17.7 Å². The molecule has 11 heteroatoms. The number of methoxy groups -OCH3 is 1. The number of hydrogen-bond acceptors (Lipinski definition) is 7. The third kappa shape index (κ3) is 4.36. The van der Waals surface area contributed by atoms with Gasteiger partial charge in [0.05, 0.1) is 12.8 Å². The average molecular weight is 479 g/mol. The summed E-state index contributed by atoms with van der Waals surface area (Å²) in [6.07, 6.45) is 0.820. The van der Waals surface area contributed by atoms with E-state index in [0.29, 0.717) is 31.1 Å². The number of piperidine rings is 1. The molecule has 3 aromatic rings. The molecule has 3 atom stereocenters. The lowest BCUT2D eigenvalue weighted by atomic mass is 9.83. The molecule has 182 valence electrons. The lowest BCUT2D eigenvalue weighted by Crippen LogP contribution is -3.00. The van der Waals surface area contributed by atoms with Crippen molar-refractivity contribution in [2.75, 3.05) is 20.2 Å². The highest BCUT2D eigenvalue weighted by molar-refractivity contribution is 5.76. The maximum absolute atomic E-state index is 13.2. The molecule has 1 aromatic carbocycles. The van der Waals surface area contributed by atoms with Crippen molar-refractivity contribution in [1.29, 1.82) is 0 Å². The molecule has 0 radical (unpaired) electrons. The molecule has 0 aliphatic carbocycles. The molecule has 1 saturated heterocycles. The minimum Gasteiger partial charge on any atom is -0.595 e. The second kappa shape index (κ2) is 9.10. The van der Waals surface area contributed by atoms with Gasteiger partial charge in [0.25, 0.3) is 5.56 Å². The molecule has 1 fully saturated rings. The minimum atomic E-state index is -1.24. The van der Waals surface area contributed by atoms with Crippen molar-refractivity contribution in [1.82, 2.24) is 19.2 Å². The van der Waals surface area contributed by atoms with Crippen molar-refractivity contribution in [3.63, 3.8) is 0 Å². The molecule has 5 rings (SSSR count). The summed E-state index contributed by atoms with van der Waals surface area (Å²) in [5.41, 5.74) is 0.983. The van der Waals surface area contributed by atoms with Gasteiger partial charge in [-0.2, -0.15) is 10.3 Å². The predicted octanol–water partition coefficient (Wildman–Crippen LogP) is 0.130. The highest BCUT2D eigenvalue weighted by atomic mass is 16.8. The number of nitrogens with one attached hydrogen (secondary N) is 1. The van der Waals surface area contributed by atoms with Gasteiger partial charge in [-0.05, 0) is 48.7 Å². The number of amides is 1. The SMILES string of the molecule is COc1ccc(-c2ccc(=O)n(CC(=O)N3CC4C[C@@H](C3)Cn3c4ccc([NH+]([O-])O)c3=O)n2)cc1. The molecule has 2 aliphatic rings. The number of likely N-dealkylation sites (tertiary alicyclic amines) is 1. The zero-order chi connectivity index (χ0) is 24.7. The lowest BCUT2D eigenvalue weighted by molar-refractivity contribution is -0.992. The van der Waals surface area contributed by atoms with Crippen LogP contribution in [0, 0.1) is 11.1 Å². The van der Waals surface area contributed by atoms with Crippen molar-refractivity contribution in [3.8, 4) is 17.0 Å². The number of fused-ring (bicyclic) bond motifs is 4. The standard InChI is InChI=1S/C24H25N5O6/c1-35-18-4-2-16(3-5-18)19-6-9-22(30)28(25-19)14-23(31)26-11-15-10-17(13-26)20-7-8-21(29(33)34)24(32)27(20)12-15/h2-9,15,17,29,33H,10-14H2,1H3/t15-,17?/m0/s1. The van der Waals surface area contributed by atoms with E-state index in [4.69, 9.17) is 4.74 Å². The first-order chi connectivity index (χ1) is 16.8. The number of carbonyl (C=O) groups excluding carboxylic acids is 1. The normalized spacial score (nSPS) is 19.7. The van der Waals surface area contributed by atoms with Crippen LogP contribution in [0.3, 0.4) is 0 Å². The lowest BCUT2D eigenvalue weighted by Gasteiger charge is -2.42. The number of rotatable bonds is 5. The highest BCUT2D eigenvalue weighted by Gasteiger charge is 2.37. The molecule has 2 aromatic heterocycles. The fraction of sp³-hybridized carbons (Fsp3) is 0.333. The zero-order valence-electron chi connectivity index (χ0n) is 19.1. The summed E-state index contributed by atoms with van der Waals surface area (Å²) in [6.45, 7) is 1.01. The van der Waals surface area contributed by atoms with Gasteiger partial charge in [0.2, 0.25) is 11.6 Å². The quantitative estimate of drug-likeness (QED) is 0.497. The fourth-order valence-corrected chi connectivity index (χ4v) is 5.02. The van der Waals surface area contributed by atoms with E-state index in [2.05, 4.69) is 5.10 Å². The topological polar surface area (TPSA) is 134 Å². The first-order valence-corrected chi connectivity index (χ1v) is 11.3. The van der Waals surface area contributed by atoms with Crippen molar-refractivity contribution < 1.29 is 20.0 Å². The largest absolute Gasteiger partial charge is 0.595 e. The molecule has 11 nitrogen and oxygen atoms in total. The highest BCUT2D eigenvalue weighted by Crippen LogP contribution is 2.35. The number of carbonyl (C=O) groups is 1. The molecule has 0 spiro atoms. The number of pyridine rings is 1. The summed E-state index contributed by atoms with van der Waals surface area (Å²) in [7, 11) is 1.58. The molecule has 2 N–H and O–H groups in total. The number of quaternary nitrogens is 1. The molecular weight excluding hydrogens is 454 g/mol. The molecule has 2 unspecified atom stereocenters. The molecular formula is C24H25N5O6. The van der Waals surface area contributed by atoms with Crippen LogP contribution >= 0.6 is 0 Å². The average Bonchev–Trinajstić information content (AvgIpc) is 2.85. The summed E-state index contributed by atoms with van der Waals surface area (Å²) in [5, 5.41) is 23.7. The Labute approximate surface area is 199 Å². The van der Waals surface area contributed by atoms with E-state index >= 15 is 0 Å². The van der Waals surface area contributed by atoms with Crippen LogP contribution in [-0.2, 0) is 17.9 Å². The Hall–Kier alpha value is -3.80. The van der Waals surface area contributed by atoms with Crippen LogP contribution in [0.2, 0.25) is 0 Å². The van der Waals surface area contributed by atoms with Crippen molar-refractivity contribution >= 4 is 11.6 Å². The molecule has 35 heavy (non-hydrogen) atoms. The molecule has 2 bridgehead atoms. The number of nitrogens with zero attached hydrogens (tertiary/aromatic N) is 4. The van der Waals surface area contributed by atoms with Gasteiger partial charge in [-0.15, -0.1) is 0 Å². The van der Waals surface area contributed by atoms with Crippen molar-refractivity contribution in [2.24, 2.45) is 5.92 Å². The Kier molecular flexibility index (Phi) is 5.97. The Morgan fingerprint density at radius 3 is 2.60 bits per heavy atom. The van der Waals surface area contributed by atoms with E-state index in [1.807, 2.05) is 12.1 Å². The predicted molar refractivity (Wildman–Crippen MR) is 124 cm³/mol. The summed E-state index contributed by atoms with van der Waals surface area (Å²) in [5.74, 6) is 0.439. The van der Waals surface area contributed by atoms with Gasteiger partial charge in [-0.25, -0.2) is 9.89 Å². The fourth-order valence-electron chi connectivity index (χ4n) is 5.02. The van der Waals surface area contributed by atoms with Crippen molar-refractivity contribution in [2.45, 2.75) is 25.4 Å². The van der Waals surface area contributed by atoms with Crippen LogP contribution in [0.15, 0.2) is 58.1 Å². The summed E-state index contributed by atoms with van der Waals surface area (Å²) < 4.78 is 7.88. The second-order valence-corrected chi connectivity index (χ2v) is 8.93. The summed E-state index contributed by atoms with van der Waals surface area (Å²) >= 11 is 0. The monoisotopic (exact) mass is 479 g/mol. The van der Waals surface area contributed by atoms with Gasteiger partial charge < -0.3 is 19.4 Å². The smallest absolute Gasteiger partial charge is 0.315 e. The van der Waals surface area contributed by atoms with Gasteiger partial charge in [-0.1, -0.05) is 0 Å². The number of ether oxygens (including phenoxy) is 1. The van der Waals surface area contributed by atoms with Gasteiger partial charge >= 0.3 is 5.56 Å². The number of aromatic nitrogens is 3. The van der Waals surface area contributed by atoms with E-state index in [1.54, 1.807) is 36.3 Å². The van der Waals surface area contributed by atoms with E-state index in [1.165, 1.54) is 21.4 Å². The zero-order valence-corrected chi connectivity index (χ0v) is 19.1. The molecule has 4 heterocycles. The maximum Gasteiger partial charge on any atom is 0.315 e. The van der Waals surface area contributed by atoms with Gasteiger partial charge in [0.1, 0.15) is 12.3 Å². The first-order valence-electron chi connectivity index (χ1n) is 11.3. The Morgan fingerprint density at radius 2 is 1.89 bits per heavy atom. The maximum atomic E-state index is 13.2. The third-order valence-corrected chi connectivity index (χ3v) is 6.72. The minimum absolute atomic E-state index is 0.0299. The van der Waals surface area contributed by atoms with E-state index < -0.39 is 10.8 Å².